The Morgan fingerprint density at radius 3 is 2.52 bits per heavy atom. The molecule has 3 aromatic rings. The molecule has 0 radical (unpaired) electrons. The predicted octanol–water partition coefficient (Wildman–Crippen LogP) is 6.66. The van der Waals surface area contributed by atoms with Crippen LogP contribution in [0.3, 0.4) is 0 Å². The Kier molecular flexibility index (Phi) is 12.2. The molecule has 2 amide bonds. The van der Waals surface area contributed by atoms with Crippen LogP contribution in [-0.4, -0.2) is 77.0 Å². The number of hydrogen-bond acceptors (Lipinski definition) is 8. The zero-order chi connectivity index (χ0) is 39.2. The number of hydrogen-bond donors (Lipinski definition) is 3. The van der Waals surface area contributed by atoms with E-state index in [0.29, 0.717) is 41.7 Å². The summed E-state index contributed by atoms with van der Waals surface area (Å²) < 4.78 is 12.8. The molecule has 5 atom stereocenters. The number of nitrogens with zero attached hydrogens (tertiary/aromatic N) is 5. The van der Waals surface area contributed by atoms with Crippen molar-refractivity contribution in [3.63, 3.8) is 0 Å². The maximum atomic E-state index is 13.1. The molecule has 0 saturated heterocycles. The molecule has 1 aromatic heterocycles. The number of carbonyl (C=O) groups is 2. The second-order valence-electron chi connectivity index (χ2n) is 16.9. The van der Waals surface area contributed by atoms with E-state index in [-0.39, 0.29) is 29.1 Å². The number of hydrazone groups is 1. The van der Waals surface area contributed by atoms with E-state index in [4.69, 9.17) is 9.47 Å². The van der Waals surface area contributed by atoms with Crippen LogP contribution in [0.25, 0.3) is 6.08 Å². The molecule has 0 spiro atoms. The number of phenols is 1. The van der Waals surface area contributed by atoms with Gasteiger partial charge in [-0.3, -0.25) is 14.3 Å². The number of carbonyl (C=O) groups excluding carboxylic acids is 2. The summed E-state index contributed by atoms with van der Waals surface area (Å²) in [7, 11) is 7.21. The molecule has 56 heavy (non-hydrogen) atoms. The van der Waals surface area contributed by atoms with Crippen LogP contribution in [0, 0.1) is 29.6 Å². The van der Waals surface area contributed by atoms with Crippen LogP contribution in [0.5, 0.6) is 17.2 Å². The Morgan fingerprint density at radius 1 is 0.964 bits per heavy atom. The summed E-state index contributed by atoms with van der Waals surface area (Å²) in [4.78, 5) is 25.4. The number of aryl methyl sites for hydroxylation is 1. The fourth-order valence-electron chi connectivity index (χ4n) is 10.1. The zero-order valence-corrected chi connectivity index (χ0v) is 33.4. The first-order chi connectivity index (χ1) is 27.1. The summed E-state index contributed by atoms with van der Waals surface area (Å²) in [6, 6.07) is 11.1. The van der Waals surface area contributed by atoms with E-state index in [1.165, 1.54) is 71.7 Å². The summed E-state index contributed by atoms with van der Waals surface area (Å²) >= 11 is 0. The Hall–Kier alpha value is -4.97. The molecule has 0 aliphatic heterocycles. The minimum atomic E-state index is -0.232. The first kappa shape index (κ1) is 39.3. The summed E-state index contributed by atoms with van der Waals surface area (Å²) in [6.45, 7) is 2.54. The van der Waals surface area contributed by atoms with E-state index in [0.717, 1.165) is 59.5 Å². The predicted molar refractivity (Wildman–Crippen MR) is 216 cm³/mol. The molecule has 5 unspecified atom stereocenters. The van der Waals surface area contributed by atoms with E-state index >= 15 is 0 Å². The van der Waals surface area contributed by atoms with E-state index < -0.39 is 0 Å². The number of quaternary nitrogens is 1. The highest BCUT2D eigenvalue weighted by Crippen LogP contribution is 2.56. The van der Waals surface area contributed by atoms with Gasteiger partial charge in [0, 0.05) is 30.3 Å². The number of ether oxygens (including phenoxy) is 2. The Labute approximate surface area is 330 Å². The average molecular weight is 765 g/mol. The maximum absolute atomic E-state index is 13.1. The fourth-order valence-corrected chi connectivity index (χ4v) is 10.1. The van der Waals surface area contributed by atoms with Gasteiger partial charge in [-0.25, -0.2) is 5.43 Å². The lowest BCUT2D eigenvalue weighted by atomic mass is 9.56. The number of aromatic hydroxyl groups is 1. The summed E-state index contributed by atoms with van der Waals surface area (Å²) in [6.07, 6.45) is 19.9. The van der Waals surface area contributed by atoms with Gasteiger partial charge in [-0.15, -0.1) is 5.10 Å². The lowest BCUT2D eigenvalue weighted by molar-refractivity contribution is -0.917. The first-order valence-corrected chi connectivity index (χ1v) is 20.4. The van der Waals surface area contributed by atoms with Gasteiger partial charge in [0.05, 0.1) is 40.2 Å². The molecule has 3 saturated carbocycles. The van der Waals surface area contributed by atoms with Crippen molar-refractivity contribution < 1.29 is 28.7 Å². The highest BCUT2D eigenvalue weighted by molar-refractivity contribution is 5.99. The van der Waals surface area contributed by atoms with Crippen LogP contribution >= 0.6 is 0 Å². The first-order valence-electron chi connectivity index (χ1n) is 20.4. The van der Waals surface area contributed by atoms with E-state index in [2.05, 4.69) is 46.3 Å². The second kappa shape index (κ2) is 17.4. The lowest BCUT2D eigenvalue weighted by Crippen LogP contribution is -2.41. The summed E-state index contributed by atoms with van der Waals surface area (Å²) in [5.74, 6) is 4.56. The fraction of sp³-hybridized carbons (Fsp3) is 0.523. The summed E-state index contributed by atoms with van der Waals surface area (Å²) in [5.41, 5.74) is 8.71. The third-order valence-corrected chi connectivity index (χ3v) is 12.6. The SMILES string of the molecule is COc1cc(/C=C/C(=O)NCCCn2cc(C[N+](C)(C)Cc3ccc(C(=O)NN=C4C=C5CCC6C7CCCC7CCC6C5CC4)cc3)nn2)cc(OC)c1O. The van der Waals surface area contributed by atoms with Gasteiger partial charge >= 0.3 is 0 Å². The minimum absolute atomic E-state index is 0.0874. The third-order valence-electron chi connectivity index (χ3n) is 12.6. The van der Waals surface area contributed by atoms with Gasteiger partial charge in [0.25, 0.3) is 5.91 Å². The van der Waals surface area contributed by atoms with Crippen molar-refractivity contribution >= 4 is 23.6 Å². The number of phenolic OH excluding ortho intramolecular Hbond substituents is 1. The molecule has 3 N–H and O–H groups in total. The number of methoxy groups -OCH3 is 2. The molecule has 3 fully saturated rings. The summed E-state index contributed by atoms with van der Waals surface area (Å²) in [5, 5.41) is 26.2. The molecule has 7 rings (SSSR count). The molecule has 298 valence electrons. The molecule has 12 nitrogen and oxygen atoms in total. The van der Waals surface area contributed by atoms with Crippen molar-refractivity contribution in [1.82, 2.24) is 25.7 Å². The largest absolute Gasteiger partial charge is 0.502 e. The van der Waals surface area contributed by atoms with E-state index in [9.17, 15) is 14.7 Å². The van der Waals surface area contributed by atoms with Crippen LogP contribution in [0.15, 0.2) is 65.4 Å². The Balaban J connectivity index is 0.832. The van der Waals surface area contributed by atoms with Crippen molar-refractivity contribution in [3.05, 3.63) is 82.7 Å². The normalized spacial score (nSPS) is 23.9. The Bertz CT molecular complexity index is 1940. The molecule has 0 bridgehead atoms. The van der Waals surface area contributed by atoms with Crippen molar-refractivity contribution in [1.29, 1.82) is 0 Å². The smallest absolute Gasteiger partial charge is 0.271 e. The van der Waals surface area contributed by atoms with Gasteiger partial charge in [0.15, 0.2) is 11.5 Å². The Morgan fingerprint density at radius 2 is 1.75 bits per heavy atom. The van der Waals surface area contributed by atoms with Crippen molar-refractivity contribution in [3.8, 4) is 17.2 Å². The van der Waals surface area contributed by atoms with Crippen molar-refractivity contribution in [2.24, 2.45) is 34.7 Å². The molecular weight excluding hydrogens is 707 g/mol. The number of rotatable bonds is 14. The number of fused-ring (bicyclic) bond motifs is 5. The minimum Gasteiger partial charge on any atom is -0.502 e. The molecule has 4 aliphatic rings. The molecule has 2 aromatic carbocycles. The van der Waals surface area contributed by atoms with E-state index in [1.807, 2.05) is 30.5 Å². The van der Waals surface area contributed by atoms with Gasteiger partial charge in [-0.05, 0) is 123 Å². The molecular formula is C44H58N7O5+. The van der Waals surface area contributed by atoms with Crippen LogP contribution in [0.4, 0.5) is 0 Å². The zero-order valence-electron chi connectivity index (χ0n) is 33.4. The van der Waals surface area contributed by atoms with Gasteiger partial charge in [-0.1, -0.05) is 35.8 Å². The van der Waals surface area contributed by atoms with Gasteiger partial charge in [-0.2, -0.15) is 5.10 Å². The van der Waals surface area contributed by atoms with Gasteiger partial charge < -0.3 is 24.4 Å². The van der Waals surface area contributed by atoms with Crippen molar-refractivity contribution in [2.75, 3.05) is 34.9 Å². The number of amides is 2. The number of benzene rings is 2. The van der Waals surface area contributed by atoms with Crippen LogP contribution in [-0.2, 0) is 24.4 Å². The highest BCUT2D eigenvalue weighted by Gasteiger charge is 2.47. The quantitative estimate of drug-likeness (QED) is 0.0723. The highest BCUT2D eigenvalue weighted by atomic mass is 16.5. The number of allylic oxidation sites excluding steroid dienone is 2. The molecule has 12 heteroatoms. The second-order valence-corrected chi connectivity index (χ2v) is 16.9. The monoisotopic (exact) mass is 764 g/mol. The van der Waals surface area contributed by atoms with E-state index in [1.54, 1.807) is 28.5 Å². The molecule has 4 aliphatic carbocycles. The molecule has 1 heterocycles. The number of aromatic nitrogens is 3. The average Bonchev–Trinajstić information content (AvgIpc) is 3.87. The third kappa shape index (κ3) is 9.34. The van der Waals surface area contributed by atoms with Gasteiger partial charge in [0.2, 0.25) is 11.7 Å². The standard InChI is InChI=1S/C44H57N7O5/c1-51(2,28-35-26-50(49-47-35)22-6-21-45-42(52)20-11-30-23-40(55-3)43(53)41(24-30)56-4)27-29-9-12-32(13-10-29)44(54)48-46-34-16-19-37-33(25-34)15-18-38-36-8-5-7-31(36)14-17-39(37)38/h9-13,20,23-26,31,36-39H,5-8,14-19,21-22,27-28H2,1-4H3,(H2-,45,48,52,53,54)/p+1. The topological polar surface area (TPSA) is 140 Å². The van der Waals surface area contributed by atoms with Crippen molar-refractivity contribution in [2.45, 2.75) is 83.8 Å². The number of nitrogens with one attached hydrogen (secondary N) is 2. The van der Waals surface area contributed by atoms with Crippen LogP contribution in [0.1, 0.15) is 91.4 Å². The lowest BCUT2D eigenvalue weighted by Gasteiger charge is -2.49. The van der Waals surface area contributed by atoms with Gasteiger partial charge in [0.1, 0.15) is 18.8 Å². The maximum Gasteiger partial charge on any atom is 0.271 e. The van der Waals surface area contributed by atoms with Crippen LogP contribution in [0.2, 0.25) is 0 Å². The van der Waals surface area contributed by atoms with Crippen LogP contribution < -0.4 is 20.2 Å².